The zero-order valence-corrected chi connectivity index (χ0v) is 12.1. The Kier molecular flexibility index (Phi) is 3.91. The number of rotatable bonds is 5. The van der Waals surface area contributed by atoms with E-state index in [0.29, 0.717) is 23.7 Å². The van der Waals surface area contributed by atoms with Crippen molar-refractivity contribution < 1.29 is 14.3 Å². The molecule has 3 nitrogen and oxygen atoms in total. The van der Waals surface area contributed by atoms with Crippen molar-refractivity contribution in [3.63, 3.8) is 0 Å². The second kappa shape index (κ2) is 6.00. The molecular weight excluding hydrogens is 264 g/mol. The molecule has 1 aliphatic rings. The maximum atomic E-state index is 10.9. The average Bonchev–Trinajstić information content (AvgIpc) is 3.00. The average molecular weight is 282 g/mol. The van der Waals surface area contributed by atoms with Gasteiger partial charge in [-0.1, -0.05) is 18.2 Å². The summed E-state index contributed by atoms with van der Waals surface area (Å²) in [6.07, 6.45) is 4.40. The Morgan fingerprint density at radius 1 is 1.05 bits per heavy atom. The highest BCUT2D eigenvalue weighted by Crippen LogP contribution is 2.29. The molecule has 0 atom stereocenters. The molecule has 0 fully saturated rings. The molecule has 0 unspecified atom stereocenters. The Labute approximate surface area is 124 Å². The van der Waals surface area contributed by atoms with Gasteiger partial charge in [0.05, 0.1) is 7.11 Å². The fraction of sp³-hybridized carbons (Fsp3) is 0.278. The van der Waals surface area contributed by atoms with E-state index in [1.54, 1.807) is 25.3 Å². The summed E-state index contributed by atoms with van der Waals surface area (Å²) >= 11 is 0. The molecule has 0 spiro atoms. The number of aryl methyl sites for hydroxylation is 2. The highest BCUT2D eigenvalue weighted by atomic mass is 16.5. The minimum absolute atomic E-state index is 0.478. The summed E-state index contributed by atoms with van der Waals surface area (Å²) in [7, 11) is 1.60. The van der Waals surface area contributed by atoms with Gasteiger partial charge in [0.15, 0.2) is 11.5 Å². The summed E-state index contributed by atoms with van der Waals surface area (Å²) in [5, 5.41) is 0. The fourth-order valence-corrected chi connectivity index (χ4v) is 2.76. The fourth-order valence-electron chi connectivity index (χ4n) is 2.76. The van der Waals surface area contributed by atoms with E-state index in [2.05, 4.69) is 18.2 Å². The lowest BCUT2D eigenvalue weighted by Crippen LogP contribution is -1.99. The minimum Gasteiger partial charge on any atom is -0.493 e. The molecule has 3 heteroatoms. The van der Waals surface area contributed by atoms with E-state index in [0.717, 1.165) is 18.3 Å². The summed E-state index contributed by atoms with van der Waals surface area (Å²) in [4.78, 5) is 10.9. The van der Waals surface area contributed by atoms with E-state index in [1.807, 2.05) is 0 Å². The van der Waals surface area contributed by atoms with Crippen LogP contribution in [-0.2, 0) is 19.4 Å². The van der Waals surface area contributed by atoms with Gasteiger partial charge in [-0.05, 0) is 54.2 Å². The number of aldehydes is 1. The number of carbonyl (C=O) groups is 1. The van der Waals surface area contributed by atoms with Crippen LogP contribution in [0.1, 0.15) is 33.5 Å². The monoisotopic (exact) mass is 282 g/mol. The van der Waals surface area contributed by atoms with E-state index in [4.69, 9.17) is 9.47 Å². The molecule has 0 N–H and O–H groups in total. The highest BCUT2D eigenvalue weighted by molar-refractivity contribution is 5.76. The molecule has 0 bridgehead atoms. The van der Waals surface area contributed by atoms with E-state index in [9.17, 15) is 4.79 Å². The second-order valence-electron chi connectivity index (χ2n) is 5.27. The normalized spacial score (nSPS) is 12.8. The summed E-state index contributed by atoms with van der Waals surface area (Å²) in [6, 6.07) is 11.7. The third-order valence-electron chi connectivity index (χ3n) is 3.88. The minimum atomic E-state index is 0.478. The first-order chi connectivity index (χ1) is 10.3. The predicted octanol–water partition coefficient (Wildman–Crippen LogP) is 3.58. The number of carbonyl (C=O) groups excluding carboxylic acids is 1. The third kappa shape index (κ3) is 2.92. The number of benzene rings is 2. The van der Waals surface area contributed by atoms with Crippen LogP contribution in [-0.4, -0.2) is 13.4 Å². The lowest BCUT2D eigenvalue weighted by Gasteiger charge is -2.12. The van der Waals surface area contributed by atoms with Crippen LogP contribution < -0.4 is 9.47 Å². The summed E-state index contributed by atoms with van der Waals surface area (Å²) in [6.45, 7) is 0.478. The van der Waals surface area contributed by atoms with Gasteiger partial charge in [0.1, 0.15) is 12.9 Å². The summed E-state index contributed by atoms with van der Waals surface area (Å²) < 4.78 is 11.1. The van der Waals surface area contributed by atoms with Crippen molar-refractivity contribution in [1.82, 2.24) is 0 Å². The number of ether oxygens (including phenoxy) is 2. The molecule has 0 aromatic heterocycles. The van der Waals surface area contributed by atoms with Crippen molar-refractivity contribution in [3.05, 3.63) is 58.7 Å². The molecule has 0 amide bonds. The van der Waals surface area contributed by atoms with Gasteiger partial charge in [-0.2, -0.15) is 0 Å². The number of methoxy groups -OCH3 is 1. The van der Waals surface area contributed by atoms with Crippen molar-refractivity contribution in [2.45, 2.75) is 25.9 Å². The molecule has 21 heavy (non-hydrogen) atoms. The number of fused-ring (bicyclic) bond motifs is 1. The van der Waals surface area contributed by atoms with Crippen molar-refractivity contribution in [1.29, 1.82) is 0 Å². The van der Waals surface area contributed by atoms with Gasteiger partial charge >= 0.3 is 0 Å². The third-order valence-corrected chi connectivity index (χ3v) is 3.88. The molecule has 2 aromatic rings. The molecule has 108 valence electrons. The van der Waals surface area contributed by atoms with Gasteiger partial charge in [-0.15, -0.1) is 0 Å². The van der Waals surface area contributed by atoms with Crippen LogP contribution in [0.4, 0.5) is 0 Å². The lowest BCUT2D eigenvalue weighted by atomic mass is 10.1. The van der Waals surface area contributed by atoms with E-state index in [-0.39, 0.29) is 0 Å². The van der Waals surface area contributed by atoms with Gasteiger partial charge in [0.25, 0.3) is 0 Å². The maximum absolute atomic E-state index is 10.9. The molecule has 0 radical (unpaired) electrons. The van der Waals surface area contributed by atoms with Crippen molar-refractivity contribution in [2.24, 2.45) is 0 Å². The van der Waals surface area contributed by atoms with Crippen LogP contribution >= 0.6 is 0 Å². The van der Waals surface area contributed by atoms with E-state index >= 15 is 0 Å². The molecular formula is C18H18O3. The Balaban J connectivity index is 1.76. The quantitative estimate of drug-likeness (QED) is 0.786. The van der Waals surface area contributed by atoms with Crippen molar-refractivity contribution in [2.75, 3.05) is 7.11 Å². The van der Waals surface area contributed by atoms with Gasteiger partial charge in [0, 0.05) is 5.56 Å². The van der Waals surface area contributed by atoms with Crippen molar-refractivity contribution >= 4 is 6.29 Å². The molecule has 0 aliphatic heterocycles. The maximum Gasteiger partial charge on any atom is 0.162 e. The summed E-state index contributed by atoms with van der Waals surface area (Å²) in [5.41, 5.74) is 4.62. The highest BCUT2D eigenvalue weighted by Gasteiger charge is 2.11. The van der Waals surface area contributed by atoms with E-state index < -0.39 is 0 Å². The Morgan fingerprint density at radius 2 is 1.90 bits per heavy atom. The molecule has 0 saturated carbocycles. The van der Waals surface area contributed by atoms with Crippen LogP contribution in [0, 0.1) is 0 Å². The van der Waals surface area contributed by atoms with Gasteiger partial charge in [0.2, 0.25) is 0 Å². The topological polar surface area (TPSA) is 35.5 Å². The van der Waals surface area contributed by atoms with Crippen LogP contribution in [0.5, 0.6) is 11.5 Å². The smallest absolute Gasteiger partial charge is 0.162 e. The largest absolute Gasteiger partial charge is 0.493 e. The zero-order valence-electron chi connectivity index (χ0n) is 12.1. The molecule has 1 aliphatic carbocycles. The van der Waals surface area contributed by atoms with Crippen LogP contribution in [0.15, 0.2) is 36.4 Å². The number of hydrogen-bond acceptors (Lipinski definition) is 3. The first kappa shape index (κ1) is 13.7. The van der Waals surface area contributed by atoms with Crippen molar-refractivity contribution in [3.8, 4) is 11.5 Å². The summed E-state index contributed by atoms with van der Waals surface area (Å²) in [5.74, 6) is 1.24. The first-order valence-electron chi connectivity index (χ1n) is 7.17. The SMILES string of the molecule is COc1ccc(C=O)cc1OCc1ccc2c(c1)CCC2. The molecule has 0 heterocycles. The first-order valence-corrected chi connectivity index (χ1v) is 7.17. The van der Waals surface area contributed by atoms with E-state index in [1.165, 1.54) is 24.0 Å². The van der Waals surface area contributed by atoms with Gasteiger partial charge < -0.3 is 9.47 Å². The lowest BCUT2D eigenvalue weighted by molar-refractivity contribution is 0.112. The van der Waals surface area contributed by atoms with Crippen LogP contribution in [0.2, 0.25) is 0 Å². The zero-order chi connectivity index (χ0) is 14.7. The van der Waals surface area contributed by atoms with Gasteiger partial charge in [-0.25, -0.2) is 0 Å². The molecule has 2 aromatic carbocycles. The van der Waals surface area contributed by atoms with Crippen LogP contribution in [0.25, 0.3) is 0 Å². The molecule has 0 saturated heterocycles. The predicted molar refractivity (Wildman–Crippen MR) is 81.2 cm³/mol. The Bertz CT molecular complexity index is 662. The standard InChI is InChI=1S/C18H18O3/c1-20-17-8-6-13(11-19)10-18(17)21-12-14-5-7-15-3-2-4-16(15)9-14/h5-11H,2-4,12H2,1H3. The number of hydrogen-bond donors (Lipinski definition) is 0. The Hall–Kier alpha value is -2.29. The van der Waals surface area contributed by atoms with Gasteiger partial charge in [-0.3, -0.25) is 4.79 Å². The van der Waals surface area contributed by atoms with Crippen LogP contribution in [0.3, 0.4) is 0 Å². The second-order valence-corrected chi connectivity index (χ2v) is 5.27. The Morgan fingerprint density at radius 3 is 2.71 bits per heavy atom. The molecule has 3 rings (SSSR count).